The molecule has 0 atom stereocenters. The minimum atomic E-state index is 0.0806. The summed E-state index contributed by atoms with van der Waals surface area (Å²) in [4.78, 5) is 14.3. The van der Waals surface area contributed by atoms with Crippen molar-refractivity contribution in [2.45, 2.75) is 0 Å². The largest absolute Gasteiger partial charge is 0.507 e. The van der Waals surface area contributed by atoms with Gasteiger partial charge in [-0.25, -0.2) is 15.0 Å². The Bertz CT molecular complexity index is 1580. The number of benzene rings is 5. The Morgan fingerprint density at radius 3 is 1.38 bits per heavy atom. The minimum Gasteiger partial charge on any atom is -0.507 e. The van der Waals surface area contributed by atoms with Crippen molar-refractivity contribution >= 4 is 21.5 Å². The van der Waals surface area contributed by atoms with Crippen molar-refractivity contribution in [1.29, 1.82) is 0 Å². The fourth-order valence-electron chi connectivity index (χ4n) is 4.31. The van der Waals surface area contributed by atoms with Gasteiger partial charge in [0.25, 0.3) is 0 Å². The second-order valence-electron chi connectivity index (χ2n) is 8.03. The molecule has 1 aromatic heterocycles. The number of phenols is 2. The van der Waals surface area contributed by atoms with E-state index < -0.39 is 0 Å². The van der Waals surface area contributed by atoms with Gasteiger partial charge in [-0.15, -0.1) is 0 Å². The zero-order valence-corrected chi connectivity index (χ0v) is 18.1. The first kappa shape index (κ1) is 19.9. The second kappa shape index (κ2) is 7.98. The molecule has 162 valence electrons. The van der Waals surface area contributed by atoms with Crippen LogP contribution in [0.3, 0.4) is 0 Å². The summed E-state index contributed by atoms with van der Waals surface area (Å²) in [5.74, 6) is 1.30. The summed E-state index contributed by atoms with van der Waals surface area (Å²) in [6.45, 7) is 0. The Labute approximate surface area is 195 Å². The van der Waals surface area contributed by atoms with Gasteiger partial charge >= 0.3 is 0 Å². The van der Waals surface area contributed by atoms with Crippen LogP contribution < -0.4 is 0 Å². The molecular weight excluding hydrogens is 422 g/mol. The Balaban J connectivity index is 1.70. The standard InChI is InChI=1S/C29H19N3O2/c33-23-16-14-18-8-4-6-12-21(18)25(23)28-30-27(20-10-2-1-3-11-20)31-29(32-28)26-22-13-7-5-9-19(22)15-17-24(26)34/h1-17,33-34H. The third kappa shape index (κ3) is 3.31. The number of hydrogen-bond donors (Lipinski definition) is 2. The number of nitrogens with zero attached hydrogens (tertiary/aromatic N) is 3. The minimum absolute atomic E-state index is 0.0806. The summed E-state index contributed by atoms with van der Waals surface area (Å²) in [5, 5.41) is 25.3. The molecule has 0 saturated heterocycles. The molecule has 0 amide bonds. The molecule has 6 rings (SSSR count). The van der Waals surface area contributed by atoms with E-state index in [9.17, 15) is 10.2 Å². The molecule has 0 fully saturated rings. The summed E-state index contributed by atoms with van der Waals surface area (Å²) in [7, 11) is 0. The van der Waals surface area contributed by atoms with Crippen LogP contribution in [0.4, 0.5) is 0 Å². The lowest BCUT2D eigenvalue weighted by molar-refractivity contribution is 0.477. The van der Waals surface area contributed by atoms with Gasteiger partial charge in [0.1, 0.15) is 11.5 Å². The van der Waals surface area contributed by atoms with Gasteiger partial charge in [-0.1, -0.05) is 91.0 Å². The van der Waals surface area contributed by atoms with Gasteiger partial charge in [-0.3, -0.25) is 0 Å². The molecule has 0 aliphatic heterocycles. The van der Waals surface area contributed by atoms with Crippen LogP contribution in [0.1, 0.15) is 0 Å². The highest BCUT2D eigenvalue weighted by molar-refractivity contribution is 6.00. The normalized spacial score (nSPS) is 11.2. The Morgan fingerprint density at radius 1 is 0.412 bits per heavy atom. The summed E-state index contributed by atoms with van der Waals surface area (Å²) < 4.78 is 0. The van der Waals surface area contributed by atoms with Crippen molar-refractivity contribution in [2.75, 3.05) is 0 Å². The van der Waals surface area contributed by atoms with E-state index in [1.807, 2.05) is 91.0 Å². The van der Waals surface area contributed by atoms with Gasteiger partial charge in [-0.2, -0.15) is 0 Å². The molecule has 34 heavy (non-hydrogen) atoms. The van der Waals surface area contributed by atoms with Gasteiger partial charge in [-0.05, 0) is 33.7 Å². The van der Waals surface area contributed by atoms with Crippen LogP contribution in [-0.4, -0.2) is 25.2 Å². The van der Waals surface area contributed by atoms with Gasteiger partial charge in [0.15, 0.2) is 17.5 Å². The van der Waals surface area contributed by atoms with E-state index in [1.165, 1.54) is 0 Å². The molecular formula is C29H19N3O2. The smallest absolute Gasteiger partial charge is 0.168 e. The fourth-order valence-corrected chi connectivity index (χ4v) is 4.31. The van der Waals surface area contributed by atoms with Gasteiger partial charge in [0.05, 0.1) is 11.1 Å². The maximum absolute atomic E-state index is 10.9. The van der Waals surface area contributed by atoms with Crippen molar-refractivity contribution in [2.24, 2.45) is 0 Å². The molecule has 0 aliphatic rings. The number of rotatable bonds is 3. The third-order valence-electron chi connectivity index (χ3n) is 5.93. The van der Waals surface area contributed by atoms with Crippen LogP contribution in [0.25, 0.3) is 55.7 Å². The number of phenolic OH excluding ortho intramolecular Hbond substituents is 2. The second-order valence-corrected chi connectivity index (χ2v) is 8.03. The number of fused-ring (bicyclic) bond motifs is 2. The number of aromatic nitrogens is 3. The van der Waals surface area contributed by atoms with Gasteiger partial charge in [0, 0.05) is 5.56 Å². The van der Waals surface area contributed by atoms with E-state index in [2.05, 4.69) is 0 Å². The number of hydrogen-bond acceptors (Lipinski definition) is 5. The molecule has 5 heteroatoms. The van der Waals surface area contributed by atoms with E-state index in [0.29, 0.717) is 28.6 Å². The third-order valence-corrected chi connectivity index (χ3v) is 5.93. The first-order chi connectivity index (χ1) is 16.7. The maximum Gasteiger partial charge on any atom is 0.168 e. The number of aromatic hydroxyl groups is 2. The van der Waals surface area contributed by atoms with Crippen molar-refractivity contribution in [3.05, 3.63) is 103 Å². The topological polar surface area (TPSA) is 79.1 Å². The van der Waals surface area contributed by atoms with Crippen LogP contribution >= 0.6 is 0 Å². The zero-order chi connectivity index (χ0) is 23.1. The predicted octanol–water partition coefficient (Wildman–Crippen LogP) is 6.59. The Morgan fingerprint density at radius 2 is 0.853 bits per heavy atom. The van der Waals surface area contributed by atoms with Gasteiger partial charge < -0.3 is 10.2 Å². The molecule has 5 nitrogen and oxygen atoms in total. The molecule has 0 unspecified atom stereocenters. The summed E-state index contributed by atoms with van der Waals surface area (Å²) in [6.07, 6.45) is 0. The van der Waals surface area contributed by atoms with E-state index in [1.54, 1.807) is 12.1 Å². The van der Waals surface area contributed by atoms with E-state index in [0.717, 1.165) is 27.1 Å². The lowest BCUT2D eigenvalue weighted by atomic mass is 10.0. The quantitative estimate of drug-likeness (QED) is 0.324. The van der Waals surface area contributed by atoms with Crippen molar-refractivity contribution < 1.29 is 10.2 Å². The molecule has 5 aromatic carbocycles. The summed E-state index contributed by atoms with van der Waals surface area (Å²) in [5.41, 5.74) is 1.86. The maximum atomic E-state index is 10.9. The molecule has 0 saturated carbocycles. The lowest BCUT2D eigenvalue weighted by Gasteiger charge is -2.13. The van der Waals surface area contributed by atoms with Crippen molar-refractivity contribution in [1.82, 2.24) is 15.0 Å². The van der Waals surface area contributed by atoms with Crippen LogP contribution in [0.5, 0.6) is 11.5 Å². The van der Waals surface area contributed by atoms with Crippen molar-refractivity contribution in [3.63, 3.8) is 0 Å². The van der Waals surface area contributed by atoms with Crippen LogP contribution in [0.2, 0.25) is 0 Å². The van der Waals surface area contributed by atoms with E-state index >= 15 is 0 Å². The first-order valence-electron chi connectivity index (χ1n) is 10.9. The fraction of sp³-hybridized carbons (Fsp3) is 0. The molecule has 0 radical (unpaired) electrons. The van der Waals surface area contributed by atoms with Crippen molar-refractivity contribution in [3.8, 4) is 45.7 Å². The van der Waals surface area contributed by atoms with E-state index in [-0.39, 0.29) is 11.5 Å². The van der Waals surface area contributed by atoms with E-state index in [4.69, 9.17) is 15.0 Å². The molecule has 2 N–H and O–H groups in total. The zero-order valence-electron chi connectivity index (χ0n) is 18.1. The van der Waals surface area contributed by atoms with Crippen LogP contribution in [0, 0.1) is 0 Å². The SMILES string of the molecule is Oc1ccc2ccccc2c1-c1nc(-c2ccccc2)nc(-c2c(O)ccc3ccccc23)n1. The lowest BCUT2D eigenvalue weighted by Crippen LogP contribution is -2.01. The average molecular weight is 441 g/mol. The summed E-state index contributed by atoms with van der Waals surface area (Å²) >= 11 is 0. The molecule has 0 spiro atoms. The molecule has 6 aromatic rings. The Kier molecular flexibility index (Phi) is 4.66. The first-order valence-corrected chi connectivity index (χ1v) is 10.9. The monoisotopic (exact) mass is 441 g/mol. The van der Waals surface area contributed by atoms with Gasteiger partial charge in [0.2, 0.25) is 0 Å². The highest BCUT2D eigenvalue weighted by Gasteiger charge is 2.19. The molecule has 1 heterocycles. The Hall–Kier alpha value is -4.77. The van der Waals surface area contributed by atoms with Crippen LogP contribution in [-0.2, 0) is 0 Å². The average Bonchev–Trinajstić information content (AvgIpc) is 2.89. The predicted molar refractivity (Wildman–Crippen MR) is 134 cm³/mol. The highest BCUT2D eigenvalue weighted by atomic mass is 16.3. The molecule has 0 bridgehead atoms. The van der Waals surface area contributed by atoms with Crippen LogP contribution in [0.15, 0.2) is 103 Å². The molecule has 0 aliphatic carbocycles. The summed E-state index contributed by atoms with van der Waals surface area (Å²) in [6, 6.07) is 32.2. The highest BCUT2D eigenvalue weighted by Crippen LogP contribution is 2.39.